The summed E-state index contributed by atoms with van der Waals surface area (Å²) in [4.78, 5) is 0. The van der Waals surface area contributed by atoms with E-state index in [0.717, 1.165) is 19.4 Å². The van der Waals surface area contributed by atoms with Gasteiger partial charge in [-0.3, -0.25) is 0 Å². The first-order valence-corrected chi connectivity index (χ1v) is 7.69. The second kappa shape index (κ2) is 7.56. The SMILES string of the molecule is Cc1cc2c(n1CCCc1ccc(F)[c-]c1F)CCCC2.[Ti]. The number of rotatable bonds is 4. The zero-order valence-electron chi connectivity index (χ0n) is 12.9. The Balaban J connectivity index is 0.00000176. The summed E-state index contributed by atoms with van der Waals surface area (Å²) in [5, 5.41) is 0. The largest absolute Gasteiger partial charge is 0.349 e. The predicted molar refractivity (Wildman–Crippen MR) is 79.3 cm³/mol. The summed E-state index contributed by atoms with van der Waals surface area (Å²) in [6.45, 7) is 3.04. The van der Waals surface area contributed by atoms with E-state index in [-0.39, 0.29) is 21.7 Å². The normalized spacial score (nSPS) is 13.6. The minimum Gasteiger partial charge on any atom is -0.349 e. The van der Waals surface area contributed by atoms with Crippen LogP contribution in [0.25, 0.3) is 0 Å². The minimum atomic E-state index is -0.633. The van der Waals surface area contributed by atoms with Crippen molar-refractivity contribution < 1.29 is 30.5 Å². The summed E-state index contributed by atoms with van der Waals surface area (Å²) in [5.74, 6) is -1.19. The number of hydrogen-bond donors (Lipinski definition) is 0. The van der Waals surface area contributed by atoms with E-state index in [1.54, 1.807) is 0 Å². The zero-order valence-corrected chi connectivity index (χ0v) is 14.4. The molecule has 0 aliphatic heterocycles. The van der Waals surface area contributed by atoms with Crippen LogP contribution in [-0.4, -0.2) is 4.57 Å². The summed E-state index contributed by atoms with van der Waals surface area (Å²) in [5.41, 5.74) is 4.80. The molecule has 3 rings (SSSR count). The molecule has 0 saturated carbocycles. The van der Waals surface area contributed by atoms with E-state index in [0.29, 0.717) is 12.0 Å². The van der Waals surface area contributed by atoms with Gasteiger partial charge in [0.1, 0.15) is 0 Å². The third-order valence-corrected chi connectivity index (χ3v) is 4.38. The van der Waals surface area contributed by atoms with Gasteiger partial charge in [0, 0.05) is 51.3 Å². The number of hydrogen-bond acceptors (Lipinski definition) is 0. The molecule has 1 aromatic carbocycles. The van der Waals surface area contributed by atoms with E-state index in [1.807, 2.05) is 0 Å². The fraction of sp³-hybridized carbons (Fsp3) is 0.444. The van der Waals surface area contributed by atoms with Gasteiger partial charge in [0.05, 0.1) is 0 Å². The molecule has 0 N–H and O–H groups in total. The molecular formula is C18H20F2NTi-. The summed E-state index contributed by atoms with van der Waals surface area (Å²) in [6, 6.07) is 7.20. The maximum atomic E-state index is 13.6. The first-order chi connectivity index (χ1) is 10.1. The Kier molecular flexibility index (Phi) is 5.99. The first-order valence-electron chi connectivity index (χ1n) is 7.69. The Morgan fingerprint density at radius 1 is 1.18 bits per heavy atom. The summed E-state index contributed by atoms with van der Waals surface area (Å²) in [6.07, 6.45) is 6.37. The number of aromatic nitrogens is 1. The molecule has 0 bridgehead atoms. The van der Waals surface area contributed by atoms with Crippen molar-refractivity contribution in [3.63, 3.8) is 0 Å². The monoisotopic (exact) mass is 336 g/mol. The second-order valence-electron chi connectivity index (χ2n) is 5.87. The van der Waals surface area contributed by atoms with Crippen molar-refractivity contribution in [2.75, 3.05) is 0 Å². The Morgan fingerprint density at radius 3 is 2.73 bits per heavy atom. The van der Waals surface area contributed by atoms with Crippen LogP contribution in [0, 0.1) is 24.6 Å². The quantitative estimate of drug-likeness (QED) is 0.577. The molecule has 116 valence electrons. The number of benzene rings is 1. The maximum Gasteiger partial charge on any atom is 0.0218 e. The molecule has 0 unspecified atom stereocenters. The van der Waals surface area contributed by atoms with E-state index >= 15 is 0 Å². The zero-order chi connectivity index (χ0) is 14.8. The van der Waals surface area contributed by atoms with Crippen LogP contribution in [0.15, 0.2) is 18.2 Å². The fourth-order valence-electron chi connectivity index (χ4n) is 3.33. The van der Waals surface area contributed by atoms with E-state index < -0.39 is 11.6 Å². The molecule has 0 atom stereocenters. The predicted octanol–water partition coefficient (Wildman–Crippen LogP) is 4.38. The van der Waals surface area contributed by atoms with Crippen LogP contribution in [0.4, 0.5) is 8.78 Å². The molecule has 4 heteroatoms. The van der Waals surface area contributed by atoms with Crippen LogP contribution in [0.2, 0.25) is 0 Å². The molecule has 1 heterocycles. The van der Waals surface area contributed by atoms with Crippen LogP contribution in [0.5, 0.6) is 0 Å². The van der Waals surface area contributed by atoms with E-state index in [1.165, 1.54) is 48.3 Å². The number of nitrogens with zero attached hydrogens (tertiary/aromatic N) is 1. The minimum absolute atomic E-state index is 0. The summed E-state index contributed by atoms with van der Waals surface area (Å²) in [7, 11) is 0. The molecule has 2 aromatic rings. The van der Waals surface area contributed by atoms with E-state index in [2.05, 4.69) is 23.6 Å². The van der Waals surface area contributed by atoms with Gasteiger partial charge in [0.25, 0.3) is 0 Å². The number of aryl methyl sites for hydroxylation is 3. The molecule has 0 spiro atoms. The fourth-order valence-corrected chi connectivity index (χ4v) is 3.33. The topological polar surface area (TPSA) is 4.93 Å². The molecule has 1 aliphatic rings. The van der Waals surface area contributed by atoms with Crippen molar-refractivity contribution in [1.82, 2.24) is 4.57 Å². The second-order valence-corrected chi connectivity index (χ2v) is 5.87. The molecule has 0 saturated heterocycles. The maximum absolute atomic E-state index is 13.6. The van der Waals surface area contributed by atoms with Gasteiger partial charge < -0.3 is 4.57 Å². The third kappa shape index (κ3) is 3.69. The van der Waals surface area contributed by atoms with Crippen molar-refractivity contribution in [2.45, 2.75) is 52.0 Å². The summed E-state index contributed by atoms with van der Waals surface area (Å²) < 4.78 is 28.8. The standard InChI is InChI=1S/C18H20F2N.Ti/c1-13-11-15-5-2-3-7-18(15)21(13)10-4-6-14-8-9-16(19)12-17(14)20;/h8-9,11H,2-7,10H2,1H3;/q-1;. The van der Waals surface area contributed by atoms with Crippen molar-refractivity contribution >= 4 is 0 Å². The molecule has 1 nitrogen and oxygen atoms in total. The molecular weight excluding hydrogens is 316 g/mol. The van der Waals surface area contributed by atoms with E-state index in [9.17, 15) is 8.78 Å². The first kappa shape index (κ1) is 17.4. The molecule has 0 amide bonds. The van der Waals surface area contributed by atoms with Gasteiger partial charge in [-0.15, -0.1) is 17.7 Å². The van der Waals surface area contributed by atoms with Gasteiger partial charge in [-0.05, 0) is 50.7 Å². The van der Waals surface area contributed by atoms with Gasteiger partial charge in [-0.25, -0.2) is 8.78 Å². The molecule has 0 fully saturated rings. The van der Waals surface area contributed by atoms with Gasteiger partial charge in [0.15, 0.2) is 0 Å². The number of halogens is 2. The van der Waals surface area contributed by atoms with Crippen LogP contribution in [0.1, 0.15) is 41.8 Å². The Labute approximate surface area is 145 Å². The van der Waals surface area contributed by atoms with Gasteiger partial charge in [-0.2, -0.15) is 6.07 Å². The van der Waals surface area contributed by atoms with E-state index in [4.69, 9.17) is 0 Å². The van der Waals surface area contributed by atoms with Crippen molar-refractivity contribution in [3.05, 3.63) is 58.4 Å². The number of fused-ring (bicyclic) bond motifs is 1. The Bertz CT molecular complexity index is 649. The van der Waals surface area contributed by atoms with Crippen LogP contribution in [0.3, 0.4) is 0 Å². The van der Waals surface area contributed by atoms with Gasteiger partial charge >= 0.3 is 0 Å². The molecule has 1 aromatic heterocycles. The Hall–Kier alpha value is -0.926. The Morgan fingerprint density at radius 2 is 1.95 bits per heavy atom. The van der Waals surface area contributed by atoms with Crippen LogP contribution in [-0.2, 0) is 47.5 Å². The van der Waals surface area contributed by atoms with Crippen molar-refractivity contribution in [3.8, 4) is 0 Å². The molecule has 22 heavy (non-hydrogen) atoms. The average Bonchev–Trinajstić information content (AvgIpc) is 2.77. The van der Waals surface area contributed by atoms with Crippen molar-refractivity contribution in [2.24, 2.45) is 0 Å². The van der Waals surface area contributed by atoms with Gasteiger partial charge in [-0.1, -0.05) is 6.42 Å². The smallest absolute Gasteiger partial charge is 0.0218 e. The summed E-state index contributed by atoms with van der Waals surface area (Å²) >= 11 is 0. The van der Waals surface area contributed by atoms with Crippen LogP contribution >= 0.6 is 0 Å². The molecule has 1 aliphatic carbocycles. The molecule has 0 radical (unpaired) electrons. The van der Waals surface area contributed by atoms with Crippen molar-refractivity contribution in [1.29, 1.82) is 0 Å². The van der Waals surface area contributed by atoms with Crippen LogP contribution < -0.4 is 0 Å². The van der Waals surface area contributed by atoms with Gasteiger partial charge in [0.2, 0.25) is 0 Å². The third-order valence-electron chi connectivity index (χ3n) is 4.38. The average molecular weight is 336 g/mol.